The summed E-state index contributed by atoms with van der Waals surface area (Å²) in [6.45, 7) is 13.9. The van der Waals surface area contributed by atoms with Crippen LogP contribution in [0, 0.1) is 5.41 Å². The molecular formula is C16H26S. The van der Waals surface area contributed by atoms with E-state index in [2.05, 4.69) is 83.6 Å². The molecule has 0 aliphatic rings. The van der Waals surface area contributed by atoms with Gasteiger partial charge in [-0.2, -0.15) is 11.8 Å². The van der Waals surface area contributed by atoms with E-state index < -0.39 is 0 Å². The first-order valence-electron chi connectivity index (χ1n) is 6.39. The van der Waals surface area contributed by atoms with E-state index in [1.807, 2.05) is 0 Å². The van der Waals surface area contributed by atoms with Crippen molar-refractivity contribution >= 4 is 11.8 Å². The second-order valence-corrected chi connectivity index (χ2v) is 8.60. The van der Waals surface area contributed by atoms with Crippen LogP contribution in [0.2, 0.25) is 0 Å². The van der Waals surface area contributed by atoms with E-state index in [9.17, 15) is 0 Å². The van der Waals surface area contributed by atoms with E-state index in [0.29, 0.717) is 16.1 Å². The summed E-state index contributed by atoms with van der Waals surface area (Å²) in [5, 5.41) is 0. The SMILES string of the molecule is CC(C)(C)SCC(c1ccccc1)C(C)(C)C. The molecule has 0 aromatic heterocycles. The highest BCUT2D eigenvalue weighted by Crippen LogP contribution is 2.40. The van der Waals surface area contributed by atoms with Crippen LogP contribution in [0.4, 0.5) is 0 Å². The van der Waals surface area contributed by atoms with Gasteiger partial charge in [-0.25, -0.2) is 0 Å². The van der Waals surface area contributed by atoms with Gasteiger partial charge in [0.05, 0.1) is 0 Å². The van der Waals surface area contributed by atoms with Crippen LogP contribution in [-0.4, -0.2) is 10.5 Å². The van der Waals surface area contributed by atoms with Crippen molar-refractivity contribution in [2.24, 2.45) is 5.41 Å². The molecule has 0 amide bonds. The Kier molecular flexibility index (Phi) is 4.71. The maximum absolute atomic E-state index is 2.34. The van der Waals surface area contributed by atoms with Crippen molar-refractivity contribution in [3.05, 3.63) is 35.9 Å². The average Bonchev–Trinajstić information content (AvgIpc) is 2.15. The standard InChI is InChI=1S/C16H26S/c1-15(2,3)14(12-17-16(4,5)6)13-10-8-7-9-11-13/h7-11,14H,12H2,1-6H3. The van der Waals surface area contributed by atoms with Gasteiger partial charge in [0.1, 0.15) is 0 Å². The Bertz CT molecular complexity index is 327. The first-order chi connectivity index (χ1) is 7.70. The van der Waals surface area contributed by atoms with E-state index in [1.165, 1.54) is 11.3 Å². The fourth-order valence-electron chi connectivity index (χ4n) is 1.86. The topological polar surface area (TPSA) is 0 Å². The third-order valence-corrected chi connectivity index (χ3v) is 4.30. The van der Waals surface area contributed by atoms with Crippen molar-refractivity contribution in [1.82, 2.24) is 0 Å². The van der Waals surface area contributed by atoms with Crippen LogP contribution >= 0.6 is 11.8 Å². The summed E-state index contributed by atoms with van der Waals surface area (Å²) in [5.41, 5.74) is 1.79. The number of hydrogen-bond donors (Lipinski definition) is 0. The minimum atomic E-state index is 0.319. The Hall–Kier alpha value is -0.430. The lowest BCUT2D eigenvalue weighted by atomic mass is 9.78. The zero-order valence-electron chi connectivity index (χ0n) is 12.1. The van der Waals surface area contributed by atoms with Crippen LogP contribution in [0.1, 0.15) is 53.0 Å². The van der Waals surface area contributed by atoms with E-state index in [-0.39, 0.29) is 0 Å². The van der Waals surface area contributed by atoms with Gasteiger partial charge in [0.2, 0.25) is 0 Å². The Morgan fingerprint density at radius 2 is 1.47 bits per heavy atom. The quantitative estimate of drug-likeness (QED) is 0.697. The molecule has 1 aromatic carbocycles. The van der Waals surface area contributed by atoms with Gasteiger partial charge >= 0.3 is 0 Å². The summed E-state index contributed by atoms with van der Waals surface area (Å²) >= 11 is 2.06. The largest absolute Gasteiger partial charge is 0.155 e. The van der Waals surface area contributed by atoms with Gasteiger partial charge in [-0.05, 0) is 16.9 Å². The molecule has 1 heteroatoms. The molecule has 1 unspecified atom stereocenters. The molecule has 17 heavy (non-hydrogen) atoms. The summed E-state index contributed by atoms with van der Waals surface area (Å²) in [6.07, 6.45) is 0. The van der Waals surface area contributed by atoms with Gasteiger partial charge in [0.15, 0.2) is 0 Å². The van der Waals surface area contributed by atoms with Crippen molar-refractivity contribution in [1.29, 1.82) is 0 Å². The highest BCUT2D eigenvalue weighted by atomic mass is 32.2. The van der Waals surface area contributed by atoms with Gasteiger partial charge in [-0.15, -0.1) is 0 Å². The predicted molar refractivity (Wildman–Crippen MR) is 80.8 cm³/mol. The summed E-state index contributed by atoms with van der Waals surface area (Å²) in [7, 11) is 0. The fraction of sp³-hybridized carbons (Fsp3) is 0.625. The van der Waals surface area contributed by atoms with E-state index in [4.69, 9.17) is 0 Å². The molecule has 1 atom stereocenters. The molecule has 0 heterocycles. The monoisotopic (exact) mass is 250 g/mol. The van der Waals surface area contributed by atoms with Crippen LogP contribution in [-0.2, 0) is 0 Å². The number of benzene rings is 1. The minimum absolute atomic E-state index is 0.319. The molecule has 0 saturated carbocycles. The second-order valence-electron chi connectivity index (χ2n) is 6.75. The Balaban J connectivity index is 2.83. The molecule has 0 aliphatic carbocycles. The maximum atomic E-state index is 2.34. The molecule has 0 bridgehead atoms. The van der Waals surface area contributed by atoms with Gasteiger partial charge in [-0.3, -0.25) is 0 Å². The zero-order chi connectivity index (χ0) is 13.1. The van der Waals surface area contributed by atoms with E-state index in [0.717, 1.165) is 0 Å². The minimum Gasteiger partial charge on any atom is -0.155 e. The molecule has 0 radical (unpaired) electrons. The highest BCUT2D eigenvalue weighted by Gasteiger charge is 2.27. The second kappa shape index (κ2) is 5.48. The lowest BCUT2D eigenvalue weighted by molar-refractivity contribution is 0.343. The van der Waals surface area contributed by atoms with Crippen molar-refractivity contribution in [3.8, 4) is 0 Å². The van der Waals surface area contributed by atoms with Gasteiger partial charge in [-0.1, -0.05) is 71.9 Å². The van der Waals surface area contributed by atoms with Crippen molar-refractivity contribution in [2.45, 2.75) is 52.2 Å². The summed E-state index contributed by atoms with van der Waals surface area (Å²) < 4.78 is 0.346. The van der Waals surface area contributed by atoms with Gasteiger partial charge in [0.25, 0.3) is 0 Å². The zero-order valence-corrected chi connectivity index (χ0v) is 12.9. The Labute approximate surface area is 111 Å². The average molecular weight is 250 g/mol. The molecule has 96 valence electrons. The lowest BCUT2D eigenvalue weighted by Gasteiger charge is -2.33. The van der Waals surface area contributed by atoms with E-state index in [1.54, 1.807) is 0 Å². The third kappa shape index (κ3) is 5.16. The van der Waals surface area contributed by atoms with Gasteiger partial charge < -0.3 is 0 Å². The summed E-state index contributed by atoms with van der Waals surface area (Å²) in [6, 6.07) is 10.9. The molecule has 0 spiro atoms. The first-order valence-corrected chi connectivity index (χ1v) is 7.37. The predicted octanol–water partition coefficient (Wildman–Crippen LogP) is 5.35. The number of hydrogen-bond acceptors (Lipinski definition) is 1. The van der Waals surface area contributed by atoms with Crippen LogP contribution in [0.3, 0.4) is 0 Å². The first kappa shape index (κ1) is 14.6. The van der Waals surface area contributed by atoms with Crippen molar-refractivity contribution < 1.29 is 0 Å². The smallest absolute Gasteiger partial charge is 0.00753 e. The van der Waals surface area contributed by atoms with E-state index >= 15 is 0 Å². The van der Waals surface area contributed by atoms with Crippen LogP contribution < -0.4 is 0 Å². The molecular weight excluding hydrogens is 224 g/mol. The fourth-order valence-corrected chi connectivity index (χ4v) is 3.22. The van der Waals surface area contributed by atoms with Crippen molar-refractivity contribution in [2.75, 3.05) is 5.75 Å². The summed E-state index contributed by atoms with van der Waals surface area (Å²) in [5.74, 6) is 1.81. The molecule has 1 rings (SSSR count). The number of thioether (sulfide) groups is 1. The van der Waals surface area contributed by atoms with Crippen LogP contribution in [0.25, 0.3) is 0 Å². The number of rotatable bonds is 3. The molecule has 0 nitrogen and oxygen atoms in total. The molecule has 0 aliphatic heterocycles. The Morgan fingerprint density at radius 1 is 0.941 bits per heavy atom. The molecule has 0 fully saturated rings. The highest BCUT2D eigenvalue weighted by molar-refractivity contribution is 8.00. The normalized spacial score (nSPS) is 14.7. The summed E-state index contributed by atoms with van der Waals surface area (Å²) in [4.78, 5) is 0. The third-order valence-electron chi connectivity index (χ3n) is 2.93. The maximum Gasteiger partial charge on any atom is 0.00753 e. The molecule has 1 aromatic rings. The molecule has 0 saturated heterocycles. The van der Waals surface area contributed by atoms with Gasteiger partial charge in [0, 0.05) is 10.5 Å². The molecule has 0 N–H and O–H groups in total. The van der Waals surface area contributed by atoms with Crippen LogP contribution in [0.5, 0.6) is 0 Å². The van der Waals surface area contributed by atoms with Crippen molar-refractivity contribution in [3.63, 3.8) is 0 Å². The Morgan fingerprint density at radius 3 is 1.88 bits per heavy atom. The lowest BCUT2D eigenvalue weighted by Crippen LogP contribution is -2.23. The van der Waals surface area contributed by atoms with Crippen LogP contribution in [0.15, 0.2) is 30.3 Å².